The summed E-state index contributed by atoms with van der Waals surface area (Å²) in [4.78, 5) is 14.2. The molecule has 15 heavy (non-hydrogen) atoms. The molecule has 2 N–H and O–H groups in total. The van der Waals surface area contributed by atoms with Gasteiger partial charge in [0.1, 0.15) is 0 Å². The lowest BCUT2D eigenvalue weighted by molar-refractivity contribution is -0.136. The summed E-state index contributed by atoms with van der Waals surface area (Å²) in [7, 11) is 0. The smallest absolute Gasteiger partial charge is 0.242 e. The average Bonchev–Trinajstić information content (AvgIpc) is 2.94. The number of carbonyl (C=O) groups is 1. The minimum Gasteiger partial charge on any atom is -0.341 e. The van der Waals surface area contributed by atoms with Gasteiger partial charge in [-0.15, -0.1) is 0 Å². The molecule has 1 amide bonds. The molecule has 0 radical (unpaired) electrons. The highest BCUT2D eigenvalue weighted by molar-refractivity contribution is 5.86. The van der Waals surface area contributed by atoms with Gasteiger partial charge in [0.2, 0.25) is 5.91 Å². The Labute approximate surface area is 92.0 Å². The van der Waals surface area contributed by atoms with Crippen LogP contribution in [-0.4, -0.2) is 29.4 Å². The van der Waals surface area contributed by atoms with E-state index >= 15 is 0 Å². The summed E-state index contributed by atoms with van der Waals surface area (Å²) in [5, 5.41) is 0. The summed E-state index contributed by atoms with van der Waals surface area (Å²) in [6.07, 6.45) is 2.25. The first kappa shape index (κ1) is 10.9. The van der Waals surface area contributed by atoms with Crippen LogP contribution in [0.4, 0.5) is 0 Å². The molecule has 0 aromatic heterocycles. The van der Waals surface area contributed by atoms with Crippen molar-refractivity contribution in [2.75, 3.05) is 13.1 Å². The summed E-state index contributed by atoms with van der Waals surface area (Å²) >= 11 is 0. The number of hydrogen-bond donors (Lipinski definition) is 1. The van der Waals surface area contributed by atoms with Gasteiger partial charge in [-0.05, 0) is 37.5 Å². The molecule has 0 spiro atoms. The van der Waals surface area contributed by atoms with Gasteiger partial charge in [-0.1, -0.05) is 13.8 Å². The number of nitrogens with two attached hydrogens (primary N) is 1. The van der Waals surface area contributed by atoms with Gasteiger partial charge in [-0.2, -0.15) is 0 Å². The van der Waals surface area contributed by atoms with E-state index in [9.17, 15) is 4.79 Å². The van der Waals surface area contributed by atoms with E-state index in [1.54, 1.807) is 0 Å². The van der Waals surface area contributed by atoms with Crippen molar-refractivity contribution in [3.8, 4) is 0 Å². The Morgan fingerprint density at radius 3 is 2.13 bits per heavy atom. The first-order valence-corrected chi connectivity index (χ1v) is 6.01. The normalized spacial score (nSPS) is 35.3. The first-order valence-electron chi connectivity index (χ1n) is 6.01. The maximum absolute atomic E-state index is 12.2. The monoisotopic (exact) mass is 210 g/mol. The third-order valence-corrected chi connectivity index (χ3v) is 4.16. The Hall–Kier alpha value is -0.570. The van der Waals surface area contributed by atoms with E-state index in [0.29, 0.717) is 17.8 Å². The van der Waals surface area contributed by atoms with Crippen LogP contribution in [-0.2, 0) is 4.79 Å². The van der Waals surface area contributed by atoms with Crippen molar-refractivity contribution in [2.45, 2.75) is 39.2 Å². The Morgan fingerprint density at radius 2 is 1.73 bits per heavy atom. The summed E-state index contributed by atoms with van der Waals surface area (Å²) in [5.41, 5.74) is 5.54. The van der Waals surface area contributed by atoms with Crippen molar-refractivity contribution < 1.29 is 4.79 Å². The summed E-state index contributed by atoms with van der Waals surface area (Å²) in [5.74, 6) is 1.82. The molecule has 0 aromatic rings. The maximum atomic E-state index is 12.2. The van der Waals surface area contributed by atoms with Crippen molar-refractivity contribution in [3.05, 3.63) is 0 Å². The van der Waals surface area contributed by atoms with Gasteiger partial charge < -0.3 is 10.6 Å². The van der Waals surface area contributed by atoms with Crippen LogP contribution in [0, 0.1) is 17.8 Å². The number of nitrogens with zero attached hydrogens (tertiary/aromatic N) is 1. The summed E-state index contributed by atoms with van der Waals surface area (Å²) in [6.45, 7) is 8.10. The van der Waals surface area contributed by atoms with Crippen molar-refractivity contribution in [1.29, 1.82) is 0 Å². The Balaban J connectivity index is 2.02. The van der Waals surface area contributed by atoms with Gasteiger partial charge in [0.15, 0.2) is 0 Å². The van der Waals surface area contributed by atoms with E-state index in [-0.39, 0.29) is 5.91 Å². The minimum absolute atomic E-state index is 0.168. The predicted molar refractivity (Wildman–Crippen MR) is 60.2 cm³/mol. The molecule has 1 heterocycles. The van der Waals surface area contributed by atoms with Crippen LogP contribution in [0.1, 0.15) is 33.6 Å². The number of hydrogen-bond acceptors (Lipinski definition) is 2. The molecule has 0 bridgehead atoms. The molecule has 0 aromatic carbocycles. The number of amides is 1. The SMILES string of the molecule is CC1CN(C(=O)C(C)(N)C2CC2)CC1C. The van der Waals surface area contributed by atoms with Gasteiger partial charge in [0.05, 0.1) is 5.54 Å². The van der Waals surface area contributed by atoms with Gasteiger partial charge in [-0.3, -0.25) is 4.79 Å². The molecule has 1 aliphatic carbocycles. The van der Waals surface area contributed by atoms with Crippen LogP contribution in [0.5, 0.6) is 0 Å². The van der Waals surface area contributed by atoms with Crippen LogP contribution >= 0.6 is 0 Å². The number of likely N-dealkylation sites (tertiary alicyclic amines) is 1. The lowest BCUT2D eigenvalue weighted by Crippen LogP contribution is -2.54. The molecule has 1 aliphatic heterocycles. The van der Waals surface area contributed by atoms with Crippen LogP contribution in [0.15, 0.2) is 0 Å². The number of carbonyl (C=O) groups excluding carboxylic acids is 1. The molecule has 3 heteroatoms. The first-order chi connectivity index (χ1) is 6.93. The lowest BCUT2D eigenvalue weighted by Gasteiger charge is -2.29. The van der Waals surface area contributed by atoms with E-state index in [0.717, 1.165) is 25.9 Å². The fourth-order valence-electron chi connectivity index (χ4n) is 2.49. The zero-order valence-corrected chi connectivity index (χ0v) is 9.99. The second-order valence-electron chi connectivity index (χ2n) is 5.72. The molecule has 3 atom stereocenters. The third kappa shape index (κ3) is 1.89. The summed E-state index contributed by atoms with van der Waals surface area (Å²) < 4.78 is 0. The van der Waals surface area contributed by atoms with E-state index in [1.165, 1.54) is 0 Å². The molecule has 1 saturated carbocycles. The average molecular weight is 210 g/mol. The maximum Gasteiger partial charge on any atom is 0.242 e. The molecular formula is C12H22N2O. The second kappa shape index (κ2) is 3.48. The standard InChI is InChI=1S/C12H22N2O/c1-8-6-14(7-9(8)2)11(15)12(3,13)10-4-5-10/h8-10H,4-7,13H2,1-3H3. The molecule has 2 rings (SSSR count). The van der Waals surface area contributed by atoms with Crippen LogP contribution in [0.3, 0.4) is 0 Å². The fraction of sp³-hybridized carbons (Fsp3) is 0.917. The quantitative estimate of drug-likeness (QED) is 0.745. The van der Waals surface area contributed by atoms with E-state index < -0.39 is 5.54 Å². The molecule has 1 saturated heterocycles. The topological polar surface area (TPSA) is 46.3 Å². The number of rotatable bonds is 2. The highest BCUT2D eigenvalue weighted by atomic mass is 16.2. The Morgan fingerprint density at radius 1 is 1.27 bits per heavy atom. The second-order valence-corrected chi connectivity index (χ2v) is 5.72. The zero-order chi connectivity index (χ0) is 11.2. The molecular weight excluding hydrogens is 188 g/mol. The van der Waals surface area contributed by atoms with Gasteiger partial charge in [0, 0.05) is 13.1 Å². The van der Waals surface area contributed by atoms with Crippen molar-refractivity contribution >= 4 is 5.91 Å². The Bertz CT molecular complexity index is 261. The van der Waals surface area contributed by atoms with Crippen LogP contribution in [0.25, 0.3) is 0 Å². The van der Waals surface area contributed by atoms with Gasteiger partial charge >= 0.3 is 0 Å². The molecule has 2 fully saturated rings. The summed E-state index contributed by atoms with van der Waals surface area (Å²) in [6, 6.07) is 0. The van der Waals surface area contributed by atoms with Gasteiger partial charge in [-0.25, -0.2) is 0 Å². The van der Waals surface area contributed by atoms with E-state index in [1.807, 2.05) is 11.8 Å². The van der Waals surface area contributed by atoms with Gasteiger partial charge in [0.25, 0.3) is 0 Å². The van der Waals surface area contributed by atoms with Crippen molar-refractivity contribution in [3.63, 3.8) is 0 Å². The molecule has 2 aliphatic rings. The molecule has 3 nitrogen and oxygen atoms in total. The molecule has 3 unspecified atom stereocenters. The third-order valence-electron chi connectivity index (χ3n) is 4.16. The zero-order valence-electron chi connectivity index (χ0n) is 9.99. The highest BCUT2D eigenvalue weighted by Gasteiger charge is 2.47. The lowest BCUT2D eigenvalue weighted by atomic mass is 9.95. The van der Waals surface area contributed by atoms with Crippen molar-refractivity contribution in [1.82, 2.24) is 4.90 Å². The molecule has 86 valence electrons. The minimum atomic E-state index is -0.607. The van der Waals surface area contributed by atoms with E-state index in [2.05, 4.69) is 13.8 Å². The van der Waals surface area contributed by atoms with Crippen LogP contribution < -0.4 is 5.73 Å². The largest absolute Gasteiger partial charge is 0.341 e. The highest BCUT2D eigenvalue weighted by Crippen LogP contribution is 2.39. The fourth-order valence-corrected chi connectivity index (χ4v) is 2.49. The van der Waals surface area contributed by atoms with Crippen molar-refractivity contribution in [2.24, 2.45) is 23.5 Å². The predicted octanol–water partition coefficient (Wildman–Crippen LogP) is 1.23. The Kier molecular flexibility index (Phi) is 2.53. The van der Waals surface area contributed by atoms with Crippen LogP contribution in [0.2, 0.25) is 0 Å². The van der Waals surface area contributed by atoms with E-state index in [4.69, 9.17) is 5.73 Å².